The number of pyridine rings is 1. The average Bonchev–Trinajstić information content (AvgIpc) is 4.00. The van der Waals surface area contributed by atoms with Crippen molar-refractivity contribution < 1.29 is 13.6 Å². The van der Waals surface area contributed by atoms with Crippen LogP contribution in [0.4, 0.5) is 17.1 Å². The summed E-state index contributed by atoms with van der Waals surface area (Å²) in [5.74, 6) is 2.84. The lowest BCUT2D eigenvalue weighted by molar-refractivity contribution is 0.477. The molecule has 6 heterocycles. The van der Waals surface area contributed by atoms with Gasteiger partial charge < -0.3 is 23.4 Å². The first-order chi connectivity index (χ1) is 26.2. The monoisotopic (exact) mass is 688 g/mol. The zero-order valence-corrected chi connectivity index (χ0v) is 28.4. The Labute approximate surface area is 301 Å². The van der Waals surface area contributed by atoms with E-state index in [9.17, 15) is 0 Å². The van der Waals surface area contributed by atoms with Gasteiger partial charge >= 0.3 is 0 Å². The Balaban J connectivity index is 1.10. The molecule has 6 aromatic carbocycles. The fourth-order valence-corrected chi connectivity index (χ4v) is 8.21. The van der Waals surface area contributed by atoms with Gasteiger partial charge in [0.25, 0.3) is 0 Å². The summed E-state index contributed by atoms with van der Waals surface area (Å²) in [6.07, 6.45) is 1.80. The van der Waals surface area contributed by atoms with Crippen LogP contribution >= 0.6 is 0 Å². The van der Waals surface area contributed by atoms with Crippen LogP contribution < -0.4 is 14.5 Å². The Hall–Kier alpha value is -7.26. The van der Waals surface area contributed by atoms with Gasteiger partial charge in [0.15, 0.2) is 11.3 Å². The zero-order valence-electron chi connectivity index (χ0n) is 28.4. The quantitative estimate of drug-likeness (QED) is 0.182. The lowest BCUT2D eigenvalue weighted by Gasteiger charge is -2.20. The first-order valence-corrected chi connectivity index (χ1v) is 17.6. The van der Waals surface area contributed by atoms with E-state index in [4.69, 9.17) is 23.5 Å². The molecule has 0 unspecified atom stereocenters. The minimum Gasteiger partial charge on any atom is -0.456 e. The highest BCUT2D eigenvalue weighted by Gasteiger charge is 2.27. The van der Waals surface area contributed by atoms with Crippen LogP contribution in [0.2, 0.25) is 0 Å². The van der Waals surface area contributed by atoms with Crippen LogP contribution in [0.3, 0.4) is 0 Å². The maximum absolute atomic E-state index is 6.96. The predicted molar refractivity (Wildman–Crippen MR) is 210 cm³/mol. The molecule has 9 heteroatoms. The molecule has 1 aliphatic rings. The fraction of sp³-hybridized carbons (Fsp3) is 0.0455. The van der Waals surface area contributed by atoms with Crippen molar-refractivity contribution in [1.82, 2.24) is 18.9 Å². The molecule has 11 aromatic rings. The van der Waals surface area contributed by atoms with E-state index >= 15 is 0 Å². The molecular weight excluding hydrogens is 661 g/mol. The van der Waals surface area contributed by atoms with Gasteiger partial charge in [-0.15, -0.1) is 0 Å². The lowest BCUT2D eigenvalue weighted by Crippen LogP contribution is -2.23. The van der Waals surface area contributed by atoms with Crippen LogP contribution in [0.5, 0.6) is 11.5 Å². The molecule has 0 bridgehead atoms. The number of aromatic nitrogens is 4. The summed E-state index contributed by atoms with van der Waals surface area (Å²) in [4.78, 5) is 14.4. The standard InChI is InChI=1S/C44H28N6O3/c1-47-25-48(34-14-6-5-13-33(34)47)26-22-30-28-18-20-38-41(29-10-2-7-15-37(29)52-38)43(28)53-42(30)39(23-26)51-27-17-19-35-36(24-27)50(40-16-8-9-21-45-40)44-46-31-11-3-4-12-32(31)49(35)44/h2-24H,25H2,1H3. The van der Waals surface area contributed by atoms with Crippen molar-refractivity contribution in [3.63, 3.8) is 0 Å². The van der Waals surface area contributed by atoms with Gasteiger partial charge in [0, 0.05) is 47.2 Å². The minimum atomic E-state index is 0.618. The summed E-state index contributed by atoms with van der Waals surface area (Å²) in [6, 6.07) is 45.3. The third-order valence-corrected chi connectivity index (χ3v) is 10.6. The topological polar surface area (TPSA) is 77.1 Å². The Morgan fingerprint density at radius 2 is 1.49 bits per heavy atom. The molecule has 53 heavy (non-hydrogen) atoms. The summed E-state index contributed by atoms with van der Waals surface area (Å²) in [6.45, 7) is 0.702. The number of nitrogens with zero attached hydrogens (tertiary/aromatic N) is 6. The van der Waals surface area contributed by atoms with Crippen LogP contribution in [-0.4, -0.2) is 32.7 Å². The highest BCUT2D eigenvalue weighted by Crippen LogP contribution is 2.47. The van der Waals surface area contributed by atoms with Crippen molar-refractivity contribution in [3.05, 3.63) is 140 Å². The number of ether oxygens (including phenoxy) is 1. The van der Waals surface area contributed by atoms with Crippen LogP contribution in [0.25, 0.3) is 77.5 Å². The largest absolute Gasteiger partial charge is 0.456 e. The second-order valence-electron chi connectivity index (χ2n) is 13.6. The molecular formula is C44H28N6O3. The summed E-state index contributed by atoms with van der Waals surface area (Å²) in [5, 5.41) is 3.94. The molecule has 1 aliphatic heterocycles. The first-order valence-electron chi connectivity index (χ1n) is 17.6. The normalized spacial score (nSPS) is 13.2. The van der Waals surface area contributed by atoms with Gasteiger partial charge in [0.2, 0.25) is 5.78 Å². The molecule has 0 saturated heterocycles. The maximum Gasteiger partial charge on any atom is 0.221 e. The van der Waals surface area contributed by atoms with E-state index in [2.05, 4.69) is 92.5 Å². The second kappa shape index (κ2) is 10.4. The molecule has 0 spiro atoms. The molecule has 252 valence electrons. The fourth-order valence-electron chi connectivity index (χ4n) is 8.21. The number of anilines is 3. The number of benzene rings is 6. The first kappa shape index (κ1) is 28.4. The number of fused-ring (bicyclic) bond motifs is 13. The summed E-state index contributed by atoms with van der Waals surface area (Å²) in [7, 11) is 2.12. The van der Waals surface area contributed by atoms with E-state index in [-0.39, 0.29) is 0 Å². The smallest absolute Gasteiger partial charge is 0.221 e. The van der Waals surface area contributed by atoms with E-state index in [1.807, 2.05) is 66.7 Å². The minimum absolute atomic E-state index is 0.618. The van der Waals surface area contributed by atoms with Crippen molar-refractivity contribution in [2.45, 2.75) is 0 Å². The van der Waals surface area contributed by atoms with Crippen LogP contribution in [0.15, 0.2) is 148 Å². The van der Waals surface area contributed by atoms with Gasteiger partial charge in [-0.1, -0.05) is 48.5 Å². The third kappa shape index (κ3) is 3.96. The Kier molecular flexibility index (Phi) is 5.58. The number of imidazole rings is 2. The van der Waals surface area contributed by atoms with Crippen LogP contribution in [-0.2, 0) is 0 Å². The van der Waals surface area contributed by atoms with E-state index in [1.165, 1.54) is 5.69 Å². The van der Waals surface area contributed by atoms with Crippen LogP contribution in [0.1, 0.15) is 0 Å². The van der Waals surface area contributed by atoms with Crippen molar-refractivity contribution in [2.75, 3.05) is 23.5 Å². The van der Waals surface area contributed by atoms with Crippen molar-refractivity contribution in [1.29, 1.82) is 0 Å². The van der Waals surface area contributed by atoms with Crippen molar-refractivity contribution in [3.8, 4) is 17.3 Å². The SMILES string of the molecule is CN1CN(c2cc(Oc3ccc4c(c3)n(-c3ccccn3)c3nc5ccccc5n43)c3oc4c(ccc5oc6ccccc6c54)c3c2)c2ccccc21. The highest BCUT2D eigenvalue weighted by atomic mass is 16.5. The number of hydrogen-bond donors (Lipinski definition) is 0. The third-order valence-electron chi connectivity index (χ3n) is 10.6. The molecule has 0 atom stereocenters. The Bertz CT molecular complexity index is 3280. The summed E-state index contributed by atoms with van der Waals surface area (Å²) in [5.41, 5.74) is 10.3. The maximum atomic E-state index is 6.96. The molecule has 0 amide bonds. The molecule has 0 aliphatic carbocycles. The van der Waals surface area contributed by atoms with Crippen LogP contribution in [0, 0.1) is 0 Å². The molecule has 0 fully saturated rings. The molecule has 0 N–H and O–H groups in total. The van der Waals surface area contributed by atoms with E-state index < -0.39 is 0 Å². The lowest BCUT2D eigenvalue weighted by atomic mass is 10.1. The van der Waals surface area contributed by atoms with Gasteiger partial charge in [0.1, 0.15) is 28.3 Å². The van der Waals surface area contributed by atoms with Gasteiger partial charge in [-0.25, -0.2) is 9.97 Å². The highest BCUT2D eigenvalue weighted by molar-refractivity contribution is 6.22. The summed E-state index contributed by atoms with van der Waals surface area (Å²) >= 11 is 0. The Morgan fingerprint density at radius 3 is 2.42 bits per heavy atom. The Morgan fingerprint density at radius 1 is 0.642 bits per heavy atom. The van der Waals surface area contributed by atoms with Crippen molar-refractivity contribution in [2.24, 2.45) is 0 Å². The average molecular weight is 689 g/mol. The van der Waals surface area contributed by atoms with Crippen molar-refractivity contribution >= 4 is 88.8 Å². The zero-order chi connectivity index (χ0) is 34.8. The molecule has 5 aromatic heterocycles. The van der Waals surface area contributed by atoms with E-state index in [0.717, 1.165) is 83.3 Å². The molecule has 9 nitrogen and oxygen atoms in total. The number of rotatable bonds is 4. The molecule has 12 rings (SSSR count). The van der Waals surface area contributed by atoms with Gasteiger partial charge in [-0.2, -0.15) is 0 Å². The second-order valence-corrected chi connectivity index (χ2v) is 13.6. The van der Waals surface area contributed by atoms with Gasteiger partial charge in [-0.05, 0) is 72.8 Å². The molecule has 0 saturated carbocycles. The molecule has 0 radical (unpaired) electrons. The van der Waals surface area contributed by atoms with Gasteiger partial charge in [0.05, 0.1) is 45.5 Å². The predicted octanol–water partition coefficient (Wildman–Crippen LogP) is 11.0. The van der Waals surface area contributed by atoms with E-state index in [1.54, 1.807) is 6.20 Å². The summed E-state index contributed by atoms with van der Waals surface area (Å²) < 4.78 is 24.3. The van der Waals surface area contributed by atoms with E-state index in [0.29, 0.717) is 23.8 Å². The number of hydrogen-bond acceptors (Lipinski definition) is 7. The number of furan rings is 2. The van der Waals surface area contributed by atoms with Gasteiger partial charge in [-0.3, -0.25) is 8.97 Å². The number of para-hydroxylation sites is 5.